The van der Waals surface area contributed by atoms with Crippen LogP contribution >= 0.6 is 11.3 Å². The van der Waals surface area contributed by atoms with Crippen LogP contribution in [0.1, 0.15) is 47.5 Å². The highest BCUT2D eigenvalue weighted by Crippen LogP contribution is 2.38. The molecule has 12 heavy (non-hydrogen) atoms. The van der Waals surface area contributed by atoms with Gasteiger partial charge in [-0.1, -0.05) is 13.8 Å². The van der Waals surface area contributed by atoms with E-state index < -0.39 is 0 Å². The van der Waals surface area contributed by atoms with E-state index in [0.29, 0.717) is 12.0 Å². The summed E-state index contributed by atoms with van der Waals surface area (Å²) in [5.74, 6) is 0.660. The van der Waals surface area contributed by atoms with Gasteiger partial charge < -0.3 is 5.73 Å². The summed E-state index contributed by atoms with van der Waals surface area (Å²) >= 11 is 1.91. The lowest BCUT2D eigenvalue weighted by Gasteiger charge is -2.01. The van der Waals surface area contributed by atoms with Crippen LogP contribution in [0.2, 0.25) is 0 Å². The van der Waals surface area contributed by atoms with Gasteiger partial charge in [-0.25, -0.2) is 0 Å². The minimum absolute atomic E-state index is 0.331. The van der Waals surface area contributed by atoms with Crippen LogP contribution < -0.4 is 5.73 Å². The molecule has 1 atom stereocenters. The number of hydrogen-bond acceptors (Lipinski definition) is 2. The molecule has 0 amide bonds. The lowest BCUT2D eigenvalue weighted by molar-refractivity contribution is 0.720. The van der Waals surface area contributed by atoms with E-state index in [1.807, 2.05) is 11.3 Å². The van der Waals surface area contributed by atoms with Gasteiger partial charge in [0.2, 0.25) is 0 Å². The molecule has 1 nitrogen and oxygen atoms in total. The van der Waals surface area contributed by atoms with Gasteiger partial charge in [0.1, 0.15) is 0 Å². The molecule has 1 aromatic rings. The van der Waals surface area contributed by atoms with Crippen molar-refractivity contribution in [2.45, 2.75) is 38.6 Å². The Labute approximate surface area is 77.6 Å². The SMILES string of the molecule is CC(C)c1cc2c(s1)C(N)CC2. The Kier molecular flexibility index (Phi) is 1.97. The topological polar surface area (TPSA) is 26.0 Å². The Morgan fingerprint density at radius 3 is 2.92 bits per heavy atom. The number of rotatable bonds is 1. The minimum Gasteiger partial charge on any atom is -0.323 e. The average molecular weight is 181 g/mol. The fraction of sp³-hybridized carbons (Fsp3) is 0.600. The van der Waals surface area contributed by atoms with Crippen LogP contribution in [0.3, 0.4) is 0 Å². The Morgan fingerprint density at radius 1 is 1.58 bits per heavy atom. The maximum Gasteiger partial charge on any atom is 0.0395 e. The van der Waals surface area contributed by atoms with Gasteiger partial charge in [0.15, 0.2) is 0 Å². The molecule has 0 bridgehead atoms. The Morgan fingerprint density at radius 2 is 2.33 bits per heavy atom. The predicted molar refractivity (Wildman–Crippen MR) is 53.7 cm³/mol. The zero-order chi connectivity index (χ0) is 8.72. The van der Waals surface area contributed by atoms with Crippen LogP contribution in [0.5, 0.6) is 0 Å². The number of nitrogens with two attached hydrogens (primary N) is 1. The molecule has 1 aromatic heterocycles. The summed E-state index contributed by atoms with van der Waals surface area (Å²) in [6.07, 6.45) is 2.35. The first-order valence-corrected chi connectivity index (χ1v) is 5.38. The monoisotopic (exact) mass is 181 g/mol. The molecule has 0 radical (unpaired) electrons. The van der Waals surface area contributed by atoms with Gasteiger partial charge in [-0.2, -0.15) is 0 Å². The molecule has 0 fully saturated rings. The first-order valence-electron chi connectivity index (χ1n) is 4.56. The van der Waals surface area contributed by atoms with Gasteiger partial charge in [-0.3, -0.25) is 0 Å². The maximum absolute atomic E-state index is 5.97. The number of hydrogen-bond donors (Lipinski definition) is 1. The first kappa shape index (κ1) is 8.27. The van der Waals surface area contributed by atoms with Crippen molar-refractivity contribution >= 4 is 11.3 Å². The number of thiophene rings is 1. The van der Waals surface area contributed by atoms with Gasteiger partial charge in [-0.05, 0) is 30.4 Å². The van der Waals surface area contributed by atoms with E-state index in [1.165, 1.54) is 21.7 Å². The minimum atomic E-state index is 0.331. The third-order valence-electron chi connectivity index (χ3n) is 2.49. The van der Waals surface area contributed by atoms with Crippen molar-refractivity contribution < 1.29 is 0 Å². The van der Waals surface area contributed by atoms with Gasteiger partial charge in [0.25, 0.3) is 0 Å². The summed E-state index contributed by atoms with van der Waals surface area (Å²) in [5.41, 5.74) is 7.48. The lowest BCUT2D eigenvalue weighted by atomic mass is 10.1. The molecule has 0 aliphatic heterocycles. The molecule has 0 spiro atoms. The van der Waals surface area contributed by atoms with Crippen LogP contribution in [0.25, 0.3) is 0 Å². The smallest absolute Gasteiger partial charge is 0.0395 e. The largest absolute Gasteiger partial charge is 0.323 e. The molecule has 1 aliphatic rings. The third kappa shape index (κ3) is 1.19. The van der Waals surface area contributed by atoms with Crippen molar-refractivity contribution in [2.24, 2.45) is 5.73 Å². The first-order chi connectivity index (χ1) is 5.68. The van der Waals surface area contributed by atoms with Crippen LogP contribution in [0, 0.1) is 0 Å². The van der Waals surface area contributed by atoms with Gasteiger partial charge in [-0.15, -0.1) is 11.3 Å². The quantitative estimate of drug-likeness (QED) is 0.708. The molecular weight excluding hydrogens is 166 g/mol. The second kappa shape index (κ2) is 2.86. The molecule has 0 saturated heterocycles. The van der Waals surface area contributed by atoms with Crippen molar-refractivity contribution in [3.8, 4) is 0 Å². The summed E-state index contributed by atoms with van der Waals surface area (Å²) in [5, 5.41) is 0. The van der Waals surface area contributed by atoms with Crippen LogP contribution in [-0.4, -0.2) is 0 Å². The molecule has 66 valence electrons. The fourth-order valence-corrected chi connectivity index (χ4v) is 2.95. The molecule has 0 aromatic carbocycles. The van der Waals surface area contributed by atoms with E-state index in [4.69, 9.17) is 5.73 Å². The van der Waals surface area contributed by atoms with Crippen molar-refractivity contribution in [1.82, 2.24) is 0 Å². The zero-order valence-corrected chi connectivity index (χ0v) is 8.45. The van der Waals surface area contributed by atoms with Gasteiger partial charge in [0, 0.05) is 15.8 Å². The van der Waals surface area contributed by atoms with E-state index in [9.17, 15) is 0 Å². The molecule has 0 saturated carbocycles. The van der Waals surface area contributed by atoms with Crippen LogP contribution in [0.4, 0.5) is 0 Å². The summed E-state index contributed by atoms with van der Waals surface area (Å²) < 4.78 is 0. The molecule has 2 heteroatoms. The zero-order valence-electron chi connectivity index (χ0n) is 7.63. The molecule has 1 aliphatic carbocycles. The summed E-state index contributed by atoms with van der Waals surface area (Å²) in [4.78, 5) is 2.94. The standard InChI is InChI=1S/C10H15NS/c1-6(2)9-5-7-3-4-8(11)10(7)12-9/h5-6,8H,3-4,11H2,1-2H3. The van der Waals surface area contributed by atoms with E-state index in [-0.39, 0.29) is 0 Å². The second-order valence-corrected chi connectivity index (χ2v) is 4.95. The lowest BCUT2D eigenvalue weighted by Crippen LogP contribution is -2.03. The van der Waals surface area contributed by atoms with E-state index in [1.54, 1.807) is 0 Å². The van der Waals surface area contributed by atoms with Crippen molar-refractivity contribution in [2.75, 3.05) is 0 Å². The van der Waals surface area contributed by atoms with Crippen molar-refractivity contribution in [1.29, 1.82) is 0 Å². The van der Waals surface area contributed by atoms with Crippen molar-refractivity contribution in [3.05, 3.63) is 21.4 Å². The summed E-state index contributed by atoms with van der Waals surface area (Å²) in [6, 6.07) is 2.68. The summed E-state index contributed by atoms with van der Waals surface area (Å²) in [7, 11) is 0. The van der Waals surface area contributed by atoms with E-state index >= 15 is 0 Å². The molecule has 2 rings (SSSR count). The summed E-state index contributed by atoms with van der Waals surface area (Å²) in [6.45, 7) is 4.49. The highest BCUT2D eigenvalue weighted by Gasteiger charge is 2.22. The van der Waals surface area contributed by atoms with Crippen molar-refractivity contribution in [3.63, 3.8) is 0 Å². The highest BCUT2D eigenvalue weighted by molar-refractivity contribution is 7.12. The Hall–Kier alpha value is -0.340. The molecule has 1 heterocycles. The second-order valence-electron chi connectivity index (χ2n) is 3.84. The molecule has 2 N–H and O–H groups in total. The molecule has 1 unspecified atom stereocenters. The van der Waals surface area contributed by atoms with Gasteiger partial charge in [0.05, 0.1) is 0 Å². The van der Waals surface area contributed by atoms with E-state index in [2.05, 4.69) is 19.9 Å². The number of fused-ring (bicyclic) bond motifs is 1. The van der Waals surface area contributed by atoms with Gasteiger partial charge >= 0.3 is 0 Å². The average Bonchev–Trinajstić information content (AvgIpc) is 2.53. The number of aryl methyl sites for hydroxylation is 1. The Balaban J connectivity index is 2.36. The normalized spacial score (nSPS) is 21.8. The fourth-order valence-electron chi connectivity index (χ4n) is 1.70. The maximum atomic E-state index is 5.97. The van der Waals surface area contributed by atoms with E-state index in [0.717, 1.165) is 6.42 Å². The third-order valence-corrected chi connectivity index (χ3v) is 4.10. The van der Waals surface area contributed by atoms with Crippen LogP contribution in [-0.2, 0) is 6.42 Å². The Bertz CT molecular complexity index is 288. The molecular formula is C10H15NS. The highest BCUT2D eigenvalue weighted by atomic mass is 32.1. The van der Waals surface area contributed by atoms with Crippen LogP contribution in [0.15, 0.2) is 6.07 Å². The predicted octanol–water partition coefficient (Wildman–Crippen LogP) is 2.82.